The van der Waals surface area contributed by atoms with Gasteiger partial charge >= 0.3 is 0 Å². The molecule has 0 saturated heterocycles. The van der Waals surface area contributed by atoms with Crippen LogP contribution in [0.25, 0.3) is 0 Å². The number of benzene rings is 1. The first-order valence-corrected chi connectivity index (χ1v) is 7.87. The number of nitrogens with zero attached hydrogens (tertiary/aromatic N) is 1. The predicted octanol–water partition coefficient (Wildman–Crippen LogP) is 2.70. The van der Waals surface area contributed by atoms with Gasteiger partial charge in [0.2, 0.25) is 10.0 Å². The molecule has 1 aromatic carbocycles. The molecule has 106 valence electrons. The van der Waals surface area contributed by atoms with Gasteiger partial charge in [-0.15, -0.1) is 0 Å². The molecule has 0 aliphatic heterocycles. The summed E-state index contributed by atoms with van der Waals surface area (Å²) in [5.41, 5.74) is 0.416. The van der Waals surface area contributed by atoms with Crippen LogP contribution in [-0.4, -0.2) is 31.6 Å². The highest BCUT2D eigenvalue weighted by molar-refractivity contribution is 7.89. The van der Waals surface area contributed by atoms with E-state index in [9.17, 15) is 13.2 Å². The Morgan fingerprint density at radius 2 is 1.84 bits per heavy atom. The summed E-state index contributed by atoms with van der Waals surface area (Å²) in [5.74, 6) is -0.137. The topological polar surface area (TPSA) is 54.5 Å². The fourth-order valence-electron chi connectivity index (χ4n) is 2.04. The second-order valence-electron chi connectivity index (χ2n) is 4.58. The van der Waals surface area contributed by atoms with Crippen LogP contribution in [0.3, 0.4) is 0 Å². The monoisotopic (exact) mass is 283 g/mol. The third-order valence-corrected chi connectivity index (χ3v) is 5.28. The Labute approximate surface area is 115 Å². The zero-order chi connectivity index (χ0) is 14.6. The standard InChI is InChI=1S/C14H21NO3S/c1-5-13(6-2)15(4)19(17,18)14-9-7-8-12(10-14)11(3)16/h7-10,13H,5-6H2,1-4H3. The third-order valence-electron chi connectivity index (χ3n) is 3.37. The number of Topliss-reactive ketones (excluding diaryl/α,β-unsaturated/α-hetero) is 1. The highest BCUT2D eigenvalue weighted by atomic mass is 32.2. The van der Waals surface area contributed by atoms with Gasteiger partial charge in [-0.1, -0.05) is 26.0 Å². The summed E-state index contributed by atoms with van der Waals surface area (Å²) in [6.07, 6.45) is 1.53. The lowest BCUT2D eigenvalue weighted by Crippen LogP contribution is -2.36. The maximum atomic E-state index is 12.5. The summed E-state index contributed by atoms with van der Waals surface area (Å²) in [5, 5.41) is 0. The Hall–Kier alpha value is -1.20. The van der Waals surface area contributed by atoms with Crippen molar-refractivity contribution in [2.24, 2.45) is 0 Å². The van der Waals surface area contributed by atoms with E-state index >= 15 is 0 Å². The van der Waals surface area contributed by atoms with Crippen LogP contribution < -0.4 is 0 Å². The van der Waals surface area contributed by atoms with Gasteiger partial charge in [-0.3, -0.25) is 4.79 Å². The molecule has 0 unspecified atom stereocenters. The normalized spacial score (nSPS) is 12.1. The van der Waals surface area contributed by atoms with Crippen molar-refractivity contribution in [2.75, 3.05) is 7.05 Å². The molecule has 0 saturated carbocycles. The maximum Gasteiger partial charge on any atom is 0.243 e. The van der Waals surface area contributed by atoms with Crippen molar-refractivity contribution in [1.82, 2.24) is 4.31 Å². The molecule has 0 radical (unpaired) electrons. The summed E-state index contributed by atoms with van der Waals surface area (Å²) >= 11 is 0. The van der Waals surface area contributed by atoms with E-state index in [0.717, 1.165) is 12.8 Å². The summed E-state index contributed by atoms with van der Waals surface area (Å²) in [6.45, 7) is 5.36. The van der Waals surface area contributed by atoms with E-state index in [2.05, 4.69) is 0 Å². The molecular formula is C14H21NO3S. The fourth-order valence-corrected chi connectivity index (χ4v) is 3.59. The SMILES string of the molecule is CCC(CC)N(C)S(=O)(=O)c1cccc(C(C)=O)c1. The molecule has 0 aromatic heterocycles. The van der Waals surface area contributed by atoms with Crippen LogP contribution in [0, 0.1) is 0 Å². The quantitative estimate of drug-likeness (QED) is 0.754. The van der Waals surface area contributed by atoms with Gasteiger partial charge < -0.3 is 0 Å². The van der Waals surface area contributed by atoms with E-state index in [1.807, 2.05) is 13.8 Å². The molecule has 0 bridgehead atoms. The van der Waals surface area contributed by atoms with Crippen molar-refractivity contribution in [3.63, 3.8) is 0 Å². The van der Waals surface area contributed by atoms with Gasteiger partial charge in [-0.05, 0) is 31.9 Å². The molecular weight excluding hydrogens is 262 g/mol. The van der Waals surface area contributed by atoms with Crippen molar-refractivity contribution >= 4 is 15.8 Å². The highest BCUT2D eigenvalue weighted by Gasteiger charge is 2.26. The Bertz CT molecular complexity index is 548. The molecule has 0 fully saturated rings. The zero-order valence-corrected chi connectivity index (χ0v) is 12.7. The van der Waals surface area contributed by atoms with Gasteiger partial charge in [0.1, 0.15) is 0 Å². The van der Waals surface area contributed by atoms with Crippen LogP contribution in [0.4, 0.5) is 0 Å². The summed E-state index contributed by atoms with van der Waals surface area (Å²) in [4.78, 5) is 11.5. The van der Waals surface area contributed by atoms with Crippen LogP contribution in [0.15, 0.2) is 29.2 Å². The van der Waals surface area contributed by atoms with E-state index in [1.165, 1.54) is 23.4 Å². The van der Waals surface area contributed by atoms with E-state index < -0.39 is 10.0 Å². The molecule has 4 nitrogen and oxygen atoms in total. The predicted molar refractivity (Wildman–Crippen MR) is 75.8 cm³/mol. The first-order valence-electron chi connectivity index (χ1n) is 6.43. The average Bonchev–Trinajstić information content (AvgIpc) is 2.40. The molecule has 0 atom stereocenters. The van der Waals surface area contributed by atoms with Crippen LogP contribution in [0.1, 0.15) is 44.0 Å². The van der Waals surface area contributed by atoms with E-state index in [4.69, 9.17) is 0 Å². The van der Waals surface area contributed by atoms with Crippen molar-refractivity contribution in [1.29, 1.82) is 0 Å². The van der Waals surface area contributed by atoms with Gasteiger partial charge in [-0.25, -0.2) is 8.42 Å². The summed E-state index contributed by atoms with van der Waals surface area (Å²) < 4.78 is 26.4. The minimum Gasteiger partial charge on any atom is -0.295 e. The van der Waals surface area contributed by atoms with Crippen molar-refractivity contribution in [3.8, 4) is 0 Å². The molecule has 0 aliphatic carbocycles. The molecule has 1 rings (SSSR count). The van der Waals surface area contributed by atoms with Crippen LogP contribution in [0.2, 0.25) is 0 Å². The Balaban J connectivity index is 3.20. The molecule has 1 aromatic rings. The minimum atomic E-state index is -3.54. The van der Waals surface area contributed by atoms with Crippen molar-refractivity contribution < 1.29 is 13.2 Å². The van der Waals surface area contributed by atoms with Crippen molar-refractivity contribution in [3.05, 3.63) is 29.8 Å². The van der Waals surface area contributed by atoms with Crippen LogP contribution in [0.5, 0.6) is 0 Å². The average molecular weight is 283 g/mol. The van der Waals surface area contributed by atoms with Gasteiger partial charge in [0, 0.05) is 18.7 Å². The number of carbonyl (C=O) groups is 1. The Kier molecular flexibility index (Phi) is 5.26. The smallest absolute Gasteiger partial charge is 0.243 e. The number of sulfonamides is 1. The van der Waals surface area contributed by atoms with Gasteiger partial charge in [0.15, 0.2) is 5.78 Å². The minimum absolute atomic E-state index is 0.0222. The van der Waals surface area contributed by atoms with Crippen molar-refractivity contribution in [2.45, 2.75) is 44.6 Å². The lowest BCUT2D eigenvalue weighted by molar-refractivity contribution is 0.101. The second-order valence-corrected chi connectivity index (χ2v) is 6.57. The Morgan fingerprint density at radius 1 is 1.26 bits per heavy atom. The van der Waals surface area contributed by atoms with Crippen LogP contribution in [-0.2, 0) is 10.0 Å². The second kappa shape index (κ2) is 6.30. The lowest BCUT2D eigenvalue weighted by atomic mass is 10.2. The largest absolute Gasteiger partial charge is 0.295 e. The molecule has 0 amide bonds. The molecule has 0 heterocycles. The highest BCUT2D eigenvalue weighted by Crippen LogP contribution is 2.20. The third kappa shape index (κ3) is 3.42. The van der Waals surface area contributed by atoms with Gasteiger partial charge in [0.05, 0.1) is 4.90 Å². The molecule has 0 N–H and O–H groups in total. The maximum absolute atomic E-state index is 12.5. The summed E-state index contributed by atoms with van der Waals surface area (Å²) in [6, 6.07) is 6.17. The lowest BCUT2D eigenvalue weighted by Gasteiger charge is -2.25. The fraction of sp³-hybridized carbons (Fsp3) is 0.500. The zero-order valence-electron chi connectivity index (χ0n) is 11.9. The molecule has 0 aliphatic rings. The number of rotatable bonds is 6. The number of hydrogen-bond donors (Lipinski definition) is 0. The van der Waals surface area contributed by atoms with E-state index in [-0.39, 0.29) is 16.7 Å². The Morgan fingerprint density at radius 3 is 2.32 bits per heavy atom. The first kappa shape index (κ1) is 15.9. The molecule has 19 heavy (non-hydrogen) atoms. The molecule has 5 heteroatoms. The number of hydrogen-bond acceptors (Lipinski definition) is 3. The van der Waals surface area contributed by atoms with Gasteiger partial charge in [-0.2, -0.15) is 4.31 Å². The number of ketones is 1. The number of carbonyl (C=O) groups excluding carboxylic acids is 1. The first-order chi connectivity index (χ1) is 8.84. The molecule has 0 spiro atoms. The summed E-state index contributed by atoms with van der Waals surface area (Å²) in [7, 11) is -1.95. The van der Waals surface area contributed by atoms with E-state index in [0.29, 0.717) is 5.56 Å². The van der Waals surface area contributed by atoms with E-state index in [1.54, 1.807) is 19.2 Å². The van der Waals surface area contributed by atoms with Crippen LogP contribution >= 0.6 is 0 Å². The van der Waals surface area contributed by atoms with Gasteiger partial charge in [0.25, 0.3) is 0 Å².